The second-order valence-corrected chi connectivity index (χ2v) is 8.04. The van der Waals surface area contributed by atoms with Crippen LogP contribution in [0.4, 0.5) is 4.79 Å². The molecule has 0 unspecified atom stereocenters. The Morgan fingerprint density at radius 3 is 2.39 bits per heavy atom. The minimum Gasteiger partial charge on any atom is -0.460 e. The van der Waals surface area contributed by atoms with Crippen LogP contribution in [0.1, 0.15) is 45.6 Å². The highest BCUT2D eigenvalue weighted by atomic mass is 16.7. The van der Waals surface area contributed by atoms with E-state index in [2.05, 4.69) is 10.6 Å². The van der Waals surface area contributed by atoms with Crippen molar-refractivity contribution in [2.24, 2.45) is 0 Å². The molecule has 1 aromatic rings. The summed E-state index contributed by atoms with van der Waals surface area (Å²) in [6, 6.07) is 8.70. The summed E-state index contributed by atoms with van der Waals surface area (Å²) in [5, 5.41) is 6.70. The van der Waals surface area contributed by atoms with Gasteiger partial charge in [-0.05, 0) is 52.1 Å². The molecule has 0 saturated heterocycles. The number of likely N-dealkylation sites (N-methyl/N-ethyl adjacent to an activating group) is 1. The van der Waals surface area contributed by atoms with Crippen molar-refractivity contribution in [1.29, 1.82) is 0 Å². The molecule has 1 aromatic carbocycles. The summed E-state index contributed by atoms with van der Waals surface area (Å²) in [7, 11) is 2.86. The first-order valence-corrected chi connectivity index (χ1v) is 10.3. The number of carbonyl (C=O) groups excluding carboxylic acids is 3. The third kappa shape index (κ3) is 12.0. The van der Waals surface area contributed by atoms with Gasteiger partial charge < -0.3 is 20.1 Å². The number of benzene rings is 1. The van der Waals surface area contributed by atoms with Gasteiger partial charge in [0.1, 0.15) is 18.2 Å². The van der Waals surface area contributed by atoms with Crippen LogP contribution in [0, 0.1) is 0 Å². The summed E-state index contributed by atoms with van der Waals surface area (Å²) in [6.45, 7) is 6.18. The fraction of sp³-hybridized carbons (Fsp3) is 0.591. The van der Waals surface area contributed by atoms with Crippen LogP contribution in [0.2, 0.25) is 0 Å². The quantitative estimate of drug-likeness (QED) is 0.294. The summed E-state index contributed by atoms with van der Waals surface area (Å²) in [5.41, 5.74) is 0.272. The lowest BCUT2D eigenvalue weighted by Gasteiger charge is -2.25. The van der Waals surface area contributed by atoms with Crippen LogP contribution in [0.15, 0.2) is 30.3 Å². The number of ether oxygens (including phenoxy) is 2. The predicted octanol–water partition coefficient (Wildman–Crippen LogP) is 2.40. The number of esters is 1. The second kappa shape index (κ2) is 13.6. The number of alkyl carbamates (subject to hydrolysis) is 1. The SMILES string of the molecule is CON(C)C(=O)[C@H](CCCCNCC(=O)OCc1ccccc1)NC(=O)OC(C)(C)C. The number of nitrogens with zero attached hydrogens (tertiary/aromatic N) is 1. The molecule has 0 saturated carbocycles. The summed E-state index contributed by atoms with van der Waals surface area (Å²) in [5.74, 6) is -0.698. The highest BCUT2D eigenvalue weighted by Gasteiger charge is 2.26. The van der Waals surface area contributed by atoms with Crippen molar-refractivity contribution in [1.82, 2.24) is 15.7 Å². The van der Waals surface area contributed by atoms with Crippen molar-refractivity contribution in [3.05, 3.63) is 35.9 Å². The van der Waals surface area contributed by atoms with E-state index in [0.717, 1.165) is 10.6 Å². The van der Waals surface area contributed by atoms with E-state index in [9.17, 15) is 14.4 Å². The molecule has 1 rings (SSSR count). The van der Waals surface area contributed by atoms with E-state index < -0.39 is 17.7 Å². The number of amides is 2. The predicted molar refractivity (Wildman–Crippen MR) is 116 cm³/mol. The largest absolute Gasteiger partial charge is 0.460 e. The van der Waals surface area contributed by atoms with Crippen LogP contribution in [-0.2, 0) is 30.5 Å². The zero-order valence-corrected chi connectivity index (χ0v) is 19.1. The van der Waals surface area contributed by atoms with E-state index in [1.807, 2.05) is 30.3 Å². The lowest BCUT2D eigenvalue weighted by atomic mass is 10.1. The Hall–Kier alpha value is -2.65. The van der Waals surface area contributed by atoms with E-state index in [-0.39, 0.29) is 25.0 Å². The first-order valence-electron chi connectivity index (χ1n) is 10.3. The van der Waals surface area contributed by atoms with Gasteiger partial charge in [0, 0.05) is 7.05 Å². The molecular formula is C22H35N3O6. The van der Waals surface area contributed by atoms with Gasteiger partial charge in [-0.25, -0.2) is 9.86 Å². The average molecular weight is 438 g/mol. The number of carbonyl (C=O) groups is 3. The van der Waals surface area contributed by atoms with Crippen LogP contribution in [0.3, 0.4) is 0 Å². The van der Waals surface area contributed by atoms with Crippen molar-refractivity contribution in [3.8, 4) is 0 Å². The van der Waals surface area contributed by atoms with Gasteiger partial charge in [-0.15, -0.1) is 0 Å². The fourth-order valence-electron chi connectivity index (χ4n) is 2.59. The van der Waals surface area contributed by atoms with E-state index in [4.69, 9.17) is 14.3 Å². The van der Waals surface area contributed by atoms with Gasteiger partial charge in [0.2, 0.25) is 0 Å². The molecule has 1 atom stereocenters. The lowest BCUT2D eigenvalue weighted by Crippen LogP contribution is -2.48. The molecule has 2 amide bonds. The van der Waals surface area contributed by atoms with Gasteiger partial charge in [-0.1, -0.05) is 30.3 Å². The van der Waals surface area contributed by atoms with Gasteiger partial charge in [0.15, 0.2) is 0 Å². The Kier molecular flexibility index (Phi) is 11.6. The maximum absolute atomic E-state index is 12.4. The molecule has 0 aliphatic carbocycles. The van der Waals surface area contributed by atoms with E-state index >= 15 is 0 Å². The molecule has 0 aromatic heterocycles. The number of hydroxylamine groups is 2. The number of hydrogen-bond donors (Lipinski definition) is 2. The van der Waals surface area contributed by atoms with Gasteiger partial charge in [-0.3, -0.25) is 14.4 Å². The summed E-state index contributed by atoms with van der Waals surface area (Å²) < 4.78 is 10.4. The smallest absolute Gasteiger partial charge is 0.408 e. The molecule has 174 valence electrons. The Morgan fingerprint density at radius 2 is 1.77 bits per heavy atom. The molecule has 0 aliphatic rings. The molecular weight excluding hydrogens is 402 g/mol. The average Bonchev–Trinajstić information content (AvgIpc) is 2.72. The molecule has 2 N–H and O–H groups in total. The molecule has 0 spiro atoms. The topological polar surface area (TPSA) is 106 Å². The Morgan fingerprint density at radius 1 is 1.10 bits per heavy atom. The van der Waals surface area contributed by atoms with Crippen LogP contribution >= 0.6 is 0 Å². The molecule has 0 fully saturated rings. The Balaban J connectivity index is 2.32. The monoisotopic (exact) mass is 437 g/mol. The Bertz CT molecular complexity index is 690. The van der Waals surface area contributed by atoms with Crippen molar-refractivity contribution < 1.29 is 28.7 Å². The third-order valence-corrected chi connectivity index (χ3v) is 4.18. The van der Waals surface area contributed by atoms with Gasteiger partial charge >= 0.3 is 12.1 Å². The van der Waals surface area contributed by atoms with Crippen molar-refractivity contribution >= 4 is 18.0 Å². The van der Waals surface area contributed by atoms with Gasteiger partial charge in [0.05, 0.1) is 13.7 Å². The van der Waals surface area contributed by atoms with E-state index in [0.29, 0.717) is 25.8 Å². The highest BCUT2D eigenvalue weighted by Crippen LogP contribution is 2.09. The minimum absolute atomic E-state index is 0.109. The standard InChI is InChI=1S/C22H35N3O6/c1-22(2,3)31-21(28)24-18(20(27)25(4)29-5)13-9-10-14-23-15-19(26)30-16-17-11-7-6-8-12-17/h6-8,11-12,18,23H,9-10,13-16H2,1-5H3,(H,24,28)/t18-/m0/s1. The number of nitrogens with one attached hydrogen (secondary N) is 2. The summed E-state index contributed by atoms with van der Waals surface area (Å²) >= 11 is 0. The Labute approximate surface area is 184 Å². The highest BCUT2D eigenvalue weighted by molar-refractivity contribution is 5.84. The van der Waals surface area contributed by atoms with Crippen molar-refractivity contribution in [2.75, 3.05) is 27.2 Å². The molecule has 31 heavy (non-hydrogen) atoms. The van der Waals surface area contributed by atoms with Crippen molar-refractivity contribution in [3.63, 3.8) is 0 Å². The third-order valence-electron chi connectivity index (χ3n) is 4.18. The maximum atomic E-state index is 12.4. The molecule has 0 radical (unpaired) electrons. The van der Waals surface area contributed by atoms with Crippen LogP contribution in [0.5, 0.6) is 0 Å². The minimum atomic E-state index is -0.768. The molecule has 0 aliphatic heterocycles. The van der Waals surface area contributed by atoms with Crippen LogP contribution < -0.4 is 10.6 Å². The lowest BCUT2D eigenvalue weighted by molar-refractivity contribution is -0.171. The molecule has 9 nitrogen and oxygen atoms in total. The van der Waals surface area contributed by atoms with E-state index in [1.165, 1.54) is 14.2 Å². The first-order chi connectivity index (χ1) is 14.6. The number of rotatable bonds is 12. The number of hydrogen-bond acceptors (Lipinski definition) is 7. The molecule has 0 heterocycles. The van der Waals surface area contributed by atoms with Gasteiger partial charge in [0.25, 0.3) is 5.91 Å². The van der Waals surface area contributed by atoms with Crippen LogP contribution in [0.25, 0.3) is 0 Å². The first kappa shape index (κ1) is 26.4. The maximum Gasteiger partial charge on any atom is 0.408 e. The van der Waals surface area contributed by atoms with E-state index in [1.54, 1.807) is 20.8 Å². The zero-order valence-electron chi connectivity index (χ0n) is 19.1. The van der Waals surface area contributed by atoms with Crippen molar-refractivity contribution in [2.45, 2.75) is 58.3 Å². The molecule has 9 heteroatoms. The second-order valence-electron chi connectivity index (χ2n) is 8.04. The normalized spacial score (nSPS) is 12.0. The summed E-state index contributed by atoms with van der Waals surface area (Å²) in [4.78, 5) is 41.2. The fourth-order valence-corrected chi connectivity index (χ4v) is 2.59. The molecule has 0 bridgehead atoms. The summed E-state index contributed by atoms with van der Waals surface area (Å²) in [6.07, 6.45) is 1.11. The zero-order chi connectivity index (χ0) is 23.3. The van der Waals surface area contributed by atoms with Crippen LogP contribution in [-0.4, -0.2) is 61.9 Å². The van der Waals surface area contributed by atoms with Gasteiger partial charge in [-0.2, -0.15) is 0 Å². The number of unbranched alkanes of at least 4 members (excludes halogenated alkanes) is 1.